The maximum atomic E-state index is 10.8. The molecule has 0 aromatic heterocycles. The molecule has 0 aliphatic rings. The number of nitrogens with one attached hydrogen (secondary N) is 1. The van der Waals surface area contributed by atoms with E-state index in [4.69, 9.17) is 11.6 Å². The van der Waals surface area contributed by atoms with Gasteiger partial charge in [-0.15, -0.1) is 0 Å². The van der Waals surface area contributed by atoms with Crippen LogP contribution in [-0.4, -0.2) is 17.8 Å². The van der Waals surface area contributed by atoms with Crippen molar-refractivity contribution in [3.8, 4) is 0 Å². The van der Waals surface area contributed by atoms with Crippen LogP contribution in [0.3, 0.4) is 0 Å². The van der Waals surface area contributed by atoms with Gasteiger partial charge in [-0.25, -0.2) is 0 Å². The molecule has 0 saturated carbocycles. The number of nitro groups is 1. The molecule has 5 nitrogen and oxygen atoms in total. The number of hydrogen-bond donors (Lipinski definition) is 1. The molecule has 0 unspecified atom stereocenters. The van der Waals surface area contributed by atoms with Gasteiger partial charge in [-0.2, -0.15) is 0 Å². The molecule has 2 aromatic carbocycles. The zero-order valence-electron chi connectivity index (χ0n) is 10.7. The summed E-state index contributed by atoms with van der Waals surface area (Å²) in [5, 5.41) is 14.5. The molecular formula is C14H12ClN3O2. The molecule has 1 N–H and O–H groups in total. The van der Waals surface area contributed by atoms with Crippen molar-refractivity contribution >= 4 is 28.8 Å². The van der Waals surface area contributed by atoms with Crippen LogP contribution in [0.5, 0.6) is 0 Å². The van der Waals surface area contributed by atoms with Gasteiger partial charge in [-0.1, -0.05) is 23.7 Å². The average Bonchev–Trinajstić information content (AvgIpc) is 2.46. The number of amidine groups is 1. The summed E-state index contributed by atoms with van der Waals surface area (Å²) in [5.74, 6) is 0.552. The summed E-state index contributed by atoms with van der Waals surface area (Å²) in [6.45, 7) is 0. The Morgan fingerprint density at radius 1 is 1.25 bits per heavy atom. The Kier molecular flexibility index (Phi) is 4.32. The Balaban J connectivity index is 2.27. The molecule has 0 bridgehead atoms. The first-order valence-corrected chi connectivity index (χ1v) is 6.22. The van der Waals surface area contributed by atoms with Gasteiger partial charge < -0.3 is 5.32 Å². The molecular weight excluding hydrogens is 278 g/mol. The summed E-state index contributed by atoms with van der Waals surface area (Å²) in [5.41, 5.74) is 1.49. The van der Waals surface area contributed by atoms with Gasteiger partial charge in [0.05, 0.1) is 4.92 Å². The number of hydrogen-bond acceptors (Lipinski definition) is 3. The maximum Gasteiger partial charge on any atom is 0.270 e. The highest BCUT2D eigenvalue weighted by Crippen LogP contribution is 2.17. The van der Waals surface area contributed by atoms with Crippen LogP contribution in [0.2, 0.25) is 5.02 Å². The lowest BCUT2D eigenvalue weighted by atomic mass is 10.1. The van der Waals surface area contributed by atoms with Crippen LogP contribution in [-0.2, 0) is 0 Å². The molecule has 20 heavy (non-hydrogen) atoms. The highest BCUT2D eigenvalue weighted by atomic mass is 35.5. The average molecular weight is 290 g/mol. The van der Waals surface area contributed by atoms with Crippen molar-refractivity contribution in [1.82, 2.24) is 0 Å². The Hall–Kier alpha value is -2.40. The van der Waals surface area contributed by atoms with Gasteiger partial charge in [0, 0.05) is 35.5 Å². The highest BCUT2D eigenvalue weighted by molar-refractivity contribution is 6.30. The molecule has 2 aromatic rings. The normalized spacial score (nSPS) is 11.2. The highest BCUT2D eigenvalue weighted by Gasteiger charge is 2.09. The van der Waals surface area contributed by atoms with Crippen LogP contribution in [0.15, 0.2) is 53.5 Å². The third kappa shape index (κ3) is 3.33. The topological polar surface area (TPSA) is 67.5 Å². The Bertz CT molecular complexity index is 654. The molecule has 2 rings (SSSR count). The lowest BCUT2D eigenvalue weighted by molar-refractivity contribution is -0.384. The number of aliphatic imine (C=N–C) groups is 1. The SMILES string of the molecule is CN=C(Nc1ccc(Cl)cc1)c1cccc([N+](=O)[O-])c1. The molecule has 0 heterocycles. The molecule has 0 aliphatic heterocycles. The number of non-ortho nitro benzene ring substituents is 1. The van der Waals surface area contributed by atoms with E-state index < -0.39 is 4.92 Å². The van der Waals surface area contributed by atoms with Gasteiger partial charge in [0.2, 0.25) is 0 Å². The fourth-order valence-corrected chi connectivity index (χ4v) is 1.82. The molecule has 0 aliphatic carbocycles. The number of anilines is 1. The lowest BCUT2D eigenvalue weighted by Crippen LogP contribution is -2.13. The lowest BCUT2D eigenvalue weighted by Gasteiger charge is -2.09. The third-order valence-corrected chi connectivity index (χ3v) is 2.91. The van der Waals surface area contributed by atoms with Crippen LogP contribution in [0.25, 0.3) is 0 Å². The second kappa shape index (κ2) is 6.16. The molecule has 0 radical (unpaired) electrons. The van der Waals surface area contributed by atoms with E-state index in [0.29, 0.717) is 16.4 Å². The number of halogens is 1. The summed E-state index contributed by atoms with van der Waals surface area (Å²) in [4.78, 5) is 14.5. The van der Waals surface area contributed by atoms with Crippen molar-refractivity contribution in [2.45, 2.75) is 0 Å². The van der Waals surface area contributed by atoms with Gasteiger partial charge in [-0.3, -0.25) is 15.1 Å². The van der Waals surface area contributed by atoms with Crippen LogP contribution >= 0.6 is 11.6 Å². The van der Waals surface area contributed by atoms with Crippen molar-refractivity contribution in [3.05, 3.63) is 69.2 Å². The van der Waals surface area contributed by atoms with E-state index in [2.05, 4.69) is 10.3 Å². The zero-order chi connectivity index (χ0) is 14.5. The van der Waals surface area contributed by atoms with Crippen LogP contribution in [0, 0.1) is 10.1 Å². The number of nitro benzene ring substituents is 1. The minimum atomic E-state index is -0.431. The second-order valence-corrected chi connectivity index (χ2v) is 4.45. The minimum absolute atomic E-state index is 0.0292. The molecule has 102 valence electrons. The van der Waals surface area contributed by atoms with Crippen molar-refractivity contribution in [2.24, 2.45) is 4.99 Å². The molecule has 0 atom stereocenters. The second-order valence-electron chi connectivity index (χ2n) is 4.01. The monoisotopic (exact) mass is 289 g/mol. The minimum Gasteiger partial charge on any atom is -0.340 e. The van der Waals surface area contributed by atoms with Crippen molar-refractivity contribution in [2.75, 3.05) is 12.4 Å². The van der Waals surface area contributed by atoms with Gasteiger partial charge in [0.25, 0.3) is 5.69 Å². The van der Waals surface area contributed by atoms with E-state index in [1.807, 2.05) is 12.1 Å². The molecule has 6 heteroatoms. The largest absolute Gasteiger partial charge is 0.340 e. The first-order chi connectivity index (χ1) is 9.60. The van der Waals surface area contributed by atoms with Crippen molar-refractivity contribution in [1.29, 1.82) is 0 Å². The first kappa shape index (κ1) is 14.0. The Morgan fingerprint density at radius 3 is 2.55 bits per heavy atom. The summed E-state index contributed by atoms with van der Waals surface area (Å²) in [6, 6.07) is 13.4. The van der Waals surface area contributed by atoms with E-state index in [1.54, 1.807) is 31.3 Å². The van der Waals surface area contributed by atoms with Gasteiger partial charge >= 0.3 is 0 Å². The van der Waals surface area contributed by atoms with E-state index in [1.165, 1.54) is 12.1 Å². The smallest absolute Gasteiger partial charge is 0.270 e. The van der Waals surface area contributed by atoms with E-state index in [9.17, 15) is 10.1 Å². The molecule has 0 fully saturated rings. The van der Waals surface area contributed by atoms with E-state index >= 15 is 0 Å². The first-order valence-electron chi connectivity index (χ1n) is 5.84. The van der Waals surface area contributed by atoms with Gasteiger partial charge in [0.15, 0.2) is 0 Å². The van der Waals surface area contributed by atoms with Crippen molar-refractivity contribution < 1.29 is 4.92 Å². The van der Waals surface area contributed by atoms with Crippen LogP contribution < -0.4 is 5.32 Å². The third-order valence-electron chi connectivity index (χ3n) is 2.66. The molecule has 0 spiro atoms. The zero-order valence-corrected chi connectivity index (χ0v) is 11.5. The summed E-state index contributed by atoms with van der Waals surface area (Å²) in [7, 11) is 1.62. The predicted octanol–water partition coefficient (Wildman–Crippen LogP) is 3.74. The quantitative estimate of drug-likeness (QED) is 0.405. The fourth-order valence-electron chi connectivity index (χ4n) is 1.69. The number of nitrogens with zero attached hydrogens (tertiary/aromatic N) is 2. The maximum absolute atomic E-state index is 10.8. The fraction of sp³-hybridized carbons (Fsp3) is 0.0714. The summed E-state index contributed by atoms with van der Waals surface area (Å²) >= 11 is 5.82. The standard InChI is InChI=1S/C14H12ClN3O2/c1-16-14(17-12-7-5-11(15)6-8-12)10-3-2-4-13(9-10)18(19)20/h2-9H,1H3,(H,16,17). The van der Waals surface area contributed by atoms with Crippen LogP contribution in [0.1, 0.15) is 5.56 Å². The summed E-state index contributed by atoms with van der Waals surface area (Å²) in [6.07, 6.45) is 0. The van der Waals surface area contributed by atoms with E-state index in [-0.39, 0.29) is 5.69 Å². The number of rotatable bonds is 3. The van der Waals surface area contributed by atoms with Crippen LogP contribution in [0.4, 0.5) is 11.4 Å². The Morgan fingerprint density at radius 2 is 1.95 bits per heavy atom. The van der Waals surface area contributed by atoms with Crippen molar-refractivity contribution in [3.63, 3.8) is 0 Å². The molecule has 0 saturated heterocycles. The number of benzene rings is 2. The van der Waals surface area contributed by atoms with Gasteiger partial charge in [0.1, 0.15) is 5.84 Å². The Labute approximate surface area is 121 Å². The molecule has 0 amide bonds. The van der Waals surface area contributed by atoms with E-state index in [0.717, 1.165) is 5.69 Å². The van der Waals surface area contributed by atoms with Gasteiger partial charge in [-0.05, 0) is 24.3 Å². The predicted molar refractivity (Wildman–Crippen MR) is 80.6 cm³/mol. The summed E-state index contributed by atoms with van der Waals surface area (Å²) < 4.78 is 0.